The minimum Gasteiger partial charge on any atom is -0.481 e. The lowest BCUT2D eigenvalue weighted by molar-refractivity contribution is -0.146. The van der Waals surface area contributed by atoms with Crippen molar-refractivity contribution in [1.29, 1.82) is 0 Å². The smallest absolute Gasteiger partial charge is 0.306 e. The molecule has 120 valence electrons. The molecule has 7 nitrogen and oxygen atoms in total. The first-order valence-corrected chi connectivity index (χ1v) is 7.28. The molecule has 1 rings (SSSR count). The number of carbonyl (C=O) groups excluding carboxylic acids is 2. The van der Waals surface area contributed by atoms with E-state index in [9.17, 15) is 14.4 Å². The van der Waals surface area contributed by atoms with E-state index in [4.69, 9.17) is 5.11 Å². The second-order valence-corrected chi connectivity index (χ2v) is 5.89. The van der Waals surface area contributed by atoms with Crippen LogP contribution < -0.4 is 5.32 Å². The largest absolute Gasteiger partial charge is 0.481 e. The molecule has 2 N–H and O–H groups in total. The Labute approximate surface area is 125 Å². The fraction of sp³-hybridized carbons (Fsp3) is 0.786. The molecule has 7 heteroatoms. The normalized spacial score (nSPS) is 16.3. The van der Waals surface area contributed by atoms with Crippen molar-refractivity contribution in [3.63, 3.8) is 0 Å². The summed E-state index contributed by atoms with van der Waals surface area (Å²) in [4.78, 5) is 37.9. The van der Waals surface area contributed by atoms with E-state index in [0.717, 1.165) is 0 Å². The van der Waals surface area contributed by atoms with E-state index in [1.165, 1.54) is 0 Å². The molecule has 0 atom stereocenters. The number of amides is 2. The molecule has 1 aliphatic heterocycles. The van der Waals surface area contributed by atoms with E-state index in [-0.39, 0.29) is 36.9 Å². The van der Waals surface area contributed by atoms with Crippen LogP contribution in [0.3, 0.4) is 0 Å². The Bertz CT molecular complexity index is 390. The van der Waals surface area contributed by atoms with Gasteiger partial charge in [0.25, 0.3) is 0 Å². The van der Waals surface area contributed by atoms with Gasteiger partial charge in [0.05, 0.1) is 19.0 Å². The SMILES string of the molecule is CC(C)NC(=O)CN(C)CC(=O)N1CCC(C(=O)O)CC1. The van der Waals surface area contributed by atoms with Gasteiger partial charge in [-0.1, -0.05) is 0 Å². The fourth-order valence-corrected chi connectivity index (χ4v) is 2.38. The van der Waals surface area contributed by atoms with Gasteiger partial charge in [-0.2, -0.15) is 0 Å². The van der Waals surface area contributed by atoms with E-state index in [1.807, 2.05) is 13.8 Å². The molecule has 0 aliphatic carbocycles. The molecule has 0 unspecified atom stereocenters. The Hall–Kier alpha value is -1.63. The summed E-state index contributed by atoms with van der Waals surface area (Å²) < 4.78 is 0. The Morgan fingerprint density at radius 1 is 1.24 bits per heavy atom. The average molecular weight is 299 g/mol. The number of rotatable bonds is 6. The number of nitrogens with zero attached hydrogens (tertiary/aromatic N) is 2. The summed E-state index contributed by atoms with van der Waals surface area (Å²) in [7, 11) is 1.72. The minimum absolute atomic E-state index is 0.0568. The van der Waals surface area contributed by atoms with Gasteiger partial charge in [0, 0.05) is 19.1 Å². The van der Waals surface area contributed by atoms with Gasteiger partial charge >= 0.3 is 5.97 Å². The Kier molecular flexibility index (Phi) is 6.61. The van der Waals surface area contributed by atoms with Crippen LogP contribution in [-0.2, 0) is 14.4 Å². The van der Waals surface area contributed by atoms with Crippen LogP contribution >= 0.6 is 0 Å². The lowest BCUT2D eigenvalue weighted by Crippen LogP contribution is -2.46. The quantitative estimate of drug-likeness (QED) is 0.707. The number of carbonyl (C=O) groups is 3. The maximum absolute atomic E-state index is 12.1. The fourth-order valence-electron chi connectivity index (χ4n) is 2.38. The van der Waals surface area contributed by atoms with Crippen molar-refractivity contribution in [2.45, 2.75) is 32.7 Å². The van der Waals surface area contributed by atoms with E-state index >= 15 is 0 Å². The molecule has 0 aromatic heterocycles. The number of piperidine rings is 1. The van der Waals surface area contributed by atoms with E-state index in [0.29, 0.717) is 25.9 Å². The maximum atomic E-state index is 12.1. The third kappa shape index (κ3) is 6.12. The summed E-state index contributed by atoms with van der Waals surface area (Å²) >= 11 is 0. The van der Waals surface area contributed by atoms with Gasteiger partial charge in [0.15, 0.2) is 0 Å². The number of nitrogens with one attached hydrogen (secondary N) is 1. The first-order chi connectivity index (χ1) is 9.79. The van der Waals surface area contributed by atoms with Gasteiger partial charge in [-0.3, -0.25) is 19.3 Å². The summed E-state index contributed by atoms with van der Waals surface area (Å²) in [6, 6.07) is 0.0802. The second kappa shape index (κ2) is 7.97. The van der Waals surface area contributed by atoms with Crippen molar-refractivity contribution >= 4 is 17.8 Å². The third-order valence-corrected chi connectivity index (χ3v) is 3.47. The van der Waals surface area contributed by atoms with Crippen LogP contribution in [0.1, 0.15) is 26.7 Å². The number of hydrogen-bond donors (Lipinski definition) is 2. The Morgan fingerprint density at radius 2 is 1.81 bits per heavy atom. The number of carboxylic acid groups (broad SMARTS) is 1. The molecule has 1 heterocycles. The van der Waals surface area contributed by atoms with Crippen molar-refractivity contribution in [2.24, 2.45) is 5.92 Å². The highest BCUT2D eigenvalue weighted by atomic mass is 16.4. The molecule has 0 spiro atoms. The van der Waals surface area contributed by atoms with Gasteiger partial charge in [-0.15, -0.1) is 0 Å². The highest BCUT2D eigenvalue weighted by molar-refractivity contribution is 5.81. The van der Waals surface area contributed by atoms with Crippen molar-refractivity contribution in [3.05, 3.63) is 0 Å². The standard InChI is InChI=1S/C14H25N3O4/c1-10(2)15-12(18)8-16(3)9-13(19)17-6-4-11(5-7-17)14(20)21/h10-11H,4-9H2,1-3H3,(H,15,18)(H,20,21). The molecule has 0 saturated carbocycles. The van der Waals surface area contributed by atoms with E-state index in [2.05, 4.69) is 5.32 Å². The van der Waals surface area contributed by atoms with Gasteiger partial charge in [0.1, 0.15) is 0 Å². The summed E-state index contributed by atoms with van der Waals surface area (Å²) in [5.74, 6) is -1.29. The van der Waals surface area contributed by atoms with Crippen LogP contribution in [-0.4, -0.2) is 72.0 Å². The zero-order valence-electron chi connectivity index (χ0n) is 13.0. The number of likely N-dealkylation sites (tertiary alicyclic amines) is 1. The van der Waals surface area contributed by atoms with Gasteiger partial charge in [0.2, 0.25) is 11.8 Å². The predicted octanol–water partition coefficient (Wildman–Crippen LogP) is -0.234. The molecule has 0 bridgehead atoms. The lowest BCUT2D eigenvalue weighted by atomic mass is 9.97. The summed E-state index contributed by atoms with van der Waals surface area (Å²) in [6.45, 7) is 5.06. The second-order valence-electron chi connectivity index (χ2n) is 5.89. The topological polar surface area (TPSA) is 90.0 Å². The number of hydrogen-bond acceptors (Lipinski definition) is 4. The summed E-state index contributed by atoms with van der Waals surface area (Å²) in [5, 5.41) is 11.7. The van der Waals surface area contributed by atoms with E-state index in [1.54, 1.807) is 16.8 Å². The minimum atomic E-state index is -0.787. The molecule has 1 saturated heterocycles. The van der Waals surface area contributed by atoms with Gasteiger partial charge < -0.3 is 15.3 Å². The Balaban J connectivity index is 2.33. The lowest BCUT2D eigenvalue weighted by Gasteiger charge is -2.31. The summed E-state index contributed by atoms with van der Waals surface area (Å²) in [6.07, 6.45) is 0.997. The highest BCUT2D eigenvalue weighted by Crippen LogP contribution is 2.17. The third-order valence-electron chi connectivity index (χ3n) is 3.47. The van der Waals surface area contributed by atoms with Crippen molar-refractivity contribution in [2.75, 3.05) is 33.2 Å². The summed E-state index contributed by atoms with van der Waals surface area (Å²) in [5.41, 5.74) is 0. The molecule has 0 radical (unpaired) electrons. The predicted molar refractivity (Wildman–Crippen MR) is 77.7 cm³/mol. The van der Waals surface area contributed by atoms with Crippen LogP contribution in [0.15, 0.2) is 0 Å². The molecule has 0 aromatic rings. The number of likely N-dealkylation sites (N-methyl/N-ethyl adjacent to an activating group) is 1. The monoisotopic (exact) mass is 299 g/mol. The Morgan fingerprint density at radius 3 is 2.29 bits per heavy atom. The van der Waals surface area contributed by atoms with Crippen molar-refractivity contribution in [1.82, 2.24) is 15.1 Å². The number of aliphatic carboxylic acids is 1. The molecule has 2 amide bonds. The zero-order chi connectivity index (χ0) is 16.0. The molecule has 1 fully saturated rings. The molecule has 21 heavy (non-hydrogen) atoms. The highest BCUT2D eigenvalue weighted by Gasteiger charge is 2.27. The van der Waals surface area contributed by atoms with Crippen LogP contribution in [0.2, 0.25) is 0 Å². The molecule has 0 aromatic carbocycles. The van der Waals surface area contributed by atoms with Crippen molar-refractivity contribution < 1.29 is 19.5 Å². The molecule has 1 aliphatic rings. The van der Waals surface area contributed by atoms with Gasteiger partial charge in [-0.05, 0) is 33.7 Å². The first kappa shape index (κ1) is 17.4. The van der Waals surface area contributed by atoms with Crippen molar-refractivity contribution in [3.8, 4) is 0 Å². The number of carboxylic acids is 1. The first-order valence-electron chi connectivity index (χ1n) is 7.28. The maximum Gasteiger partial charge on any atom is 0.306 e. The average Bonchev–Trinajstić information content (AvgIpc) is 2.37. The zero-order valence-corrected chi connectivity index (χ0v) is 13.0. The van der Waals surface area contributed by atoms with Crippen LogP contribution in [0.4, 0.5) is 0 Å². The molecular formula is C14H25N3O4. The van der Waals surface area contributed by atoms with Crippen LogP contribution in [0.25, 0.3) is 0 Å². The molecular weight excluding hydrogens is 274 g/mol. The van der Waals surface area contributed by atoms with Gasteiger partial charge in [-0.25, -0.2) is 0 Å². The van der Waals surface area contributed by atoms with E-state index < -0.39 is 5.97 Å². The van der Waals surface area contributed by atoms with Crippen LogP contribution in [0.5, 0.6) is 0 Å². The van der Waals surface area contributed by atoms with Crippen LogP contribution in [0, 0.1) is 5.92 Å².